The third-order valence-corrected chi connectivity index (χ3v) is 3.90. The number of urea groups is 1. The molecule has 1 unspecified atom stereocenters. The van der Waals surface area contributed by atoms with Crippen LogP contribution in [0.3, 0.4) is 0 Å². The first-order valence-corrected chi connectivity index (χ1v) is 7.71. The summed E-state index contributed by atoms with van der Waals surface area (Å²) in [7, 11) is 0. The van der Waals surface area contributed by atoms with Crippen LogP contribution in [0.25, 0.3) is 0 Å². The Balaban J connectivity index is 1.49. The maximum atomic E-state index is 11.7. The van der Waals surface area contributed by atoms with Crippen molar-refractivity contribution in [3.8, 4) is 0 Å². The van der Waals surface area contributed by atoms with Crippen LogP contribution < -0.4 is 10.6 Å². The van der Waals surface area contributed by atoms with Crippen molar-refractivity contribution in [1.29, 1.82) is 0 Å². The van der Waals surface area contributed by atoms with Gasteiger partial charge in [-0.25, -0.2) is 9.79 Å². The minimum absolute atomic E-state index is 0.0805. The molecule has 3 heterocycles. The summed E-state index contributed by atoms with van der Waals surface area (Å²) in [5, 5.41) is 11.0. The Morgan fingerprint density at radius 2 is 2.22 bits per heavy atom. The first kappa shape index (κ1) is 15.1. The molecule has 2 N–H and O–H groups in total. The number of hydrogen-bond acceptors (Lipinski definition) is 6. The molecule has 2 aromatic rings. The van der Waals surface area contributed by atoms with E-state index in [9.17, 15) is 9.59 Å². The molecule has 9 heteroatoms. The van der Waals surface area contributed by atoms with Gasteiger partial charge in [-0.3, -0.25) is 4.79 Å². The number of allylic oxidation sites excluding steroid dienone is 1. The van der Waals surface area contributed by atoms with Gasteiger partial charge in [0.05, 0.1) is 13.1 Å². The molecule has 0 fully saturated rings. The molecular formula is C14H13N5O3S. The van der Waals surface area contributed by atoms with Crippen molar-refractivity contribution in [3.63, 3.8) is 0 Å². The van der Waals surface area contributed by atoms with Gasteiger partial charge in [-0.1, -0.05) is 17.3 Å². The molecule has 3 amide bonds. The van der Waals surface area contributed by atoms with E-state index in [1.165, 1.54) is 6.21 Å². The van der Waals surface area contributed by atoms with Gasteiger partial charge in [-0.05, 0) is 17.5 Å². The highest BCUT2D eigenvalue weighted by atomic mass is 32.1. The van der Waals surface area contributed by atoms with Crippen LogP contribution in [0.4, 0.5) is 4.79 Å². The van der Waals surface area contributed by atoms with Gasteiger partial charge in [0.1, 0.15) is 5.92 Å². The van der Waals surface area contributed by atoms with Gasteiger partial charge >= 0.3 is 6.03 Å². The molecule has 0 aliphatic carbocycles. The highest BCUT2D eigenvalue weighted by Crippen LogP contribution is 2.17. The lowest BCUT2D eigenvalue weighted by Gasteiger charge is -2.05. The zero-order valence-electron chi connectivity index (χ0n) is 11.9. The van der Waals surface area contributed by atoms with E-state index in [4.69, 9.17) is 4.52 Å². The van der Waals surface area contributed by atoms with Crippen LogP contribution in [0.15, 0.2) is 39.2 Å². The summed E-state index contributed by atoms with van der Waals surface area (Å²) >= 11 is 1.57. The van der Waals surface area contributed by atoms with Gasteiger partial charge < -0.3 is 15.2 Å². The monoisotopic (exact) mass is 331 g/mol. The highest BCUT2D eigenvalue weighted by molar-refractivity contribution is 7.09. The SMILES string of the molecule is O=C(NCc1nc(C2C=CC=NC2=O)no1)NCc1cccs1. The van der Waals surface area contributed by atoms with Crippen LogP contribution >= 0.6 is 11.3 Å². The summed E-state index contributed by atoms with van der Waals surface area (Å²) < 4.78 is 5.03. The van der Waals surface area contributed by atoms with Gasteiger partial charge in [0, 0.05) is 11.1 Å². The summed E-state index contributed by atoms with van der Waals surface area (Å²) in [5.74, 6) is -0.521. The Labute approximate surface area is 135 Å². The fourth-order valence-corrected chi connectivity index (χ4v) is 2.55. The number of hydrogen-bond donors (Lipinski definition) is 2. The molecule has 0 radical (unpaired) electrons. The van der Waals surface area contributed by atoms with Gasteiger partial charge in [0.2, 0.25) is 5.89 Å². The number of aromatic nitrogens is 2. The molecule has 3 rings (SSSR count). The van der Waals surface area contributed by atoms with Crippen LogP contribution in [0.1, 0.15) is 22.5 Å². The maximum absolute atomic E-state index is 11.7. The predicted molar refractivity (Wildman–Crippen MR) is 83.1 cm³/mol. The van der Waals surface area contributed by atoms with Crippen LogP contribution in [0.5, 0.6) is 0 Å². The quantitative estimate of drug-likeness (QED) is 0.860. The van der Waals surface area contributed by atoms with Crippen LogP contribution in [0, 0.1) is 0 Å². The molecule has 23 heavy (non-hydrogen) atoms. The molecule has 8 nitrogen and oxygen atoms in total. The fraction of sp³-hybridized carbons (Fsp3) is 0.214. The normalized spacial score (nSPS) is 16.5. The number of carbonyl (C=O) groups is 2. The molecule has 0 saturated carbocycles. The third kappa shape index (κ3) is 3.89. The number of nitrogens with one attached hydrogen (secondary N) is 2. The lowest BCUT2D eigenvalue weighted by Crippen LogP contribution is -2.34. The average Bonchev–Trinajstić information content (AvgIpc) is 3.23. The van der Waals surface area contributed by atoms with E-state index >= 15 is 0 Å². The topological polar surface area (TPSA) is 109 Å². The van der Waals surface area contributed by atoms with Gasteiger partial charge in [-0.2, -0.15) is 4.98 Å². The summed E-state index contributed by atoms with van der Waals surface area (Å²) in [5.41, 5.74) is 0. The number of amides is 3. The standard InChI is InChI=1S/C14H13N5O3S/c20-13-10(4-1-5-15-13)12-18-11(22-19-12)8-17-14(21)16-7-9-3-2-6-23-9/h1-6,10H,7-8H2,(H2,16,17,21). The largest absolute Gasteiger partial charge is 0.337 e. The number of nitrogens with zero attached hydrogens (tertiary/aromatic N) is 3. The Bertz CT molecular complexity index is 750. The van der Waals surface area contributed by atoms with Gasteiger partial charge in [0.15, 0.2) is 5.82 Å². The summed E-state index contributed by atoms with van der Waals surface area (Å²) in [6.07, 6.45) is 4.71. The second-order valence-corrected chi connectivity index (χ2v) is 5.67. The Morgan fingerprint density at radius 1 is 1.35 bits per heavy atom. The summed E-state index contributed by atoms with van der Waals surface area (Å²) in [4.78, 5) is 32.1. The maximum Gasteiger partial charge on any atom is 0.315 e. The highest BCUT2D eigenvalue weighted by Gasteiger charge is 2.24. The van der Waals surface area contributed by atoms with Crippen molar-refractivity contribution in [2.75, 3.05) is 0 Å². The molecule has 1 atom stereocenters. The van der Waals surface area contributed by atoms with Crippen LogP contribution in [-0.2, 0) is 17.9 Å². The van der Waals surface area contributed by atoms with Gasteiger partial charge in [-0.15, -0.1) is 11.3 Å². The number of rotatable bonds is 5. The van der Waals surface area contributed by atoms with E-state index in [2.05, 4.69) is 25.8 Å². The van der Waals surface area contributed by atoms with E-state index in [-0.39, 0.29) is 30.2 Å². The Kier molecular flexibility index (Phi) is 4.57. The Hall–Kier alpha value is -2.81. The second kappa shape index (κ2) is 6.97. The van der Waals surface area contributed by atoms with Crippen molar-refractivity contribution in [1.82, 2.24) is 20.8 Å². The first-order chi connectivity index (χ1) is 11.2. The van der Waals surface area contributed by atoms with E-state index < -0.39 is 5.92 Å². The molecule has 118 valence electrons. The smallest absolute Gasteiger partial charge is 0.315 e. The van der Waals surface area contributed by atoms with E-state index in [0.717, 1.165) is 4.88 Å². The average molecular weight is 331 g/mol. The molecule has 2 aromatic heterocycles. The number of aliphatic imine (C=N–C) groups is 1. The molecular weight excluding hydrogens is 318 g/mol. The Morgan fingerprint density at radius 3 is 3.00 bits per heavy atom. The van der Waals surface area contributed by atoms with E-state index in [1.54, 1.807) is 23.5 Å². The van der Waals surface area contributed by atoms with Crippen molar-refractivity contribution < 1.29 is 14.1 Å². The zero-order valence-corrected chi connectivity index (χ0v) is 12.7. The minimum Gasteiger partial charge on any atom is -0.337 e. The molecule has 0 bridgehead atoms. The lowest BCUT2D eigenvalue weighted by molar-refractivity contribution is -0.118. The molecule has 1 aliphatic rings. The lowest BCUT2D eigenvalue weighted by atomic mass is 10.1. The summed E-state index contributed by atoms with van der Waals surface area (Å²) in [6.45, 7) is 0.537. The fourth-order valence-electron chi connectivity index (χ4n) is 1.90. The second-order valence-electron chi connectivity index (χ2n) is 4.64. The van der Waals surface area contributed by atoms with E-state index in [0.29, 0.717) is 6.54 Å². The van der Waals surface area contributed by atoms with E-state index in [1.807, 2.05) is 17.5 Å². The van der Waals surface area contributed by atoms with Crippen molar-refractivity contribution in [2.45, 2.75) is 19.0 Å². The predicted octanol–water partition coefficient (Wildman–Crippen LogP) is 1.38. The first-order valence-electron chi connectivity index (χ1n) is 6.83. The molecule has 0 saturated heterocycles. The summed E-state index contributed by atoms with van der Waals surface area (Å²) in [6, 6.07) is 3.52. The molecule has 0 aromatic carbocycles. The zero-order chi connectivity index (χ0) is 16.1. The van der Waals surface area contributed by atoms with Crippen molar-refractivity contribution in [3.05, 3.63) is 46.3 Å². The van der Waals surface area contributed by atoms with Crippen molar-refractivity contribution in [2.24, 2.45) is 4.99 Å². The van der Waals surface area contributed by atoms with Crippen LogP contribution in [0.2, 0.25) is 0 Å². The number of thiophene rings is 1. The number of dihydropyridines is 1. The third-order valence-electron chi connectivity index (χ3n) is 3.02. The van der Waals surface area contributed by atoms with Crippen LogP contribution in [-0.4, -0.2) is 28.3 Å². The van der Waals surface area contributed by atoms with Crippen molar-refractivity contribution >= 4 is 29.5 Å². The number of carbonyl (C=O) groups excluding carboxylic acids is 2. The minimum atomic E-state index is -0.634. The molecule has 1 aliphatic heterocycles. The molecule has 0 spiro atoms. The van der Waals surface area contributed by atoms with Gasteiger partial charge in [0.25, 0.3) is 5.91 Å².